The Kier molecular flexibility index (Phi) is 20.9. The van der Waals surface area contributed by atoms with Crippen molar-refractivity contribution in [2.75, 3.05) is 42.0 Å². The van der Waals surface area contributed by atoms with Crippen LogP contribution in [0, 0.1) is 35.5 Å². The van der Waals surface area contributed by atoms with Crippen molar-refractivity contribution in [2.24, 2.45) is 35.5 Å². The maximum atomic E-state index is 14.5. The molecule has 0 N–H and O–H groups in total. The van der Waals surface area contributed by atoms with Crippen molar-refractivity contribution in [3.63, 3.8) is 0 Å². The maximum absolute atomic E-state index is 14.5. The molecule has 1 heterocycles. The predicted octanol–water partition coefficient (Wildman–Crippen LogP) is 7.02. The summed E-state index contributed by atoms with van der Waals surface area (Å²) in [5, 5.41) is 0. The molecule has 1 aliphatic heterocycles. The van der Waals surface area contributed by atoms with Gasteiger partial charge in [0.25, 0.3) is 0 Å². The summed E-state index contributed by atoms with van der Waals surface area (Å²) in [4.78, 5) is 87.3. The van der Waals surface area contributed by atoms with Crippen LogP contribution < -0.4 is 0 Å². The van der Waals surface area contributed by atoms with Crippen LogP contribution in [-0.2, 0) is 49.3 Å². The molecule has 3 amide bonds. The van der Waals surface area contributed by atoms with Gasteiger partial charge in [-0.3, -0.25) is 24.0 Å². The third kappa shape index (κ3) is 14.4. The minimum atomic E-state index is -0.792. The Hall–Kier alpha value is -3.84. The molecule has 0 bridgehead atoms. The predicted molar refractivity (Wildman–Crippen MR) is 232 cm³/mol. The second kappa shape index (κ2) is 24.0. The molecule has 0 radical (unpaired) electrons. The first-order valence-electron chi connectivity index (χ1n) is 21.8. The van der Waals surface area contributed by atoms with Gasteiger partial charge in [0, 0.05) is 59.5 Å². The Labute approximate surface area is 360 Å². The van der Waals surface area contributed by atoms with Crippen LogP contribution in [0.4, 0.5) is 4.79 Å². The largest absolute Gasteiger partial charge is 0.469 e. The van der Waals surface area contributed by atoms with E-state index < -0.39 is 59.7 Å². The molecule has 0 spiro atoms. The summed E-state index contributed by atoms with van der Waals surface area (Å²) in [5.74, 6) is -3.68. The third-order valence-electron chi connectivity index (χ3n) is 12.3. The highest BCUT2D eigenvalue weighted by Crippen LogP contribution is 2.32. The average Bonchev–Trinajstić information content (AvgIpc) is 3.68. The van der Waals surface area contributed by atoms with E-state index in [1.165, 1.54) is 12.0 Å². The van der Waals surface area contributed by atoms with Crippen LogP contribution in [0.1, 0.15) is 113 Å². The summed E-state index contributed by atoms with van der Waals surface area (Å²) < 4.78 is 22.7. The van der Waals surface area contributed by atoms with Crippen LogP contribution in [0.2, 0.25) is 0 Å². The van der Waals surface area contributed by atoms with Crippen molar-refractivity contribution in [2.45, 2.75) is 150 Å². The fraction of sp³-hybridized carbons (Fsp3) is 0.745. The lowest BCUT2D eigenvalue weighted by molar-refractivity contribution is -0.150. The number of hydrogen-bond donors (Lipinski definition) is 0. The van der Waals surface area contributed by atoms with Gasteiger partial charge in [-0.05, 0) is 63.4 Å². The van der Waals surface area contributed by atoms with Gasteiger partial charge in [-0.15, -0.1) is 0 Å². The second-order valence-corrected chi connectivity index (χ2v) is 18.5. The monoisotopic (exact) mass is 844 g/mol. The molecule has 1 aromatic rings. The Balaban J connectivity index is 2.31. The molecule has 2 rings (SSSR count). The molecule has 60 heavy (non-hydrogen) atoms. The molecule has 0 saturated carbocycles. The molecule has 0 aromatic heterocycles. The first-order valence-corrected chi connectivity index (χ1v) is 21.8. The van der Waals surface area contributed by atoms with Gasteiger partial charge < -0.3 is 33.6 Å². The quantitative estimate of drug-likeness (QED) is 0.105. The number of ether oxygens (including phenoxy) is 4. The van der Waals surface area contributed by atoms with Crippen molar-refractivity contribution < 1.29 is 47.7 Å². The maximum Gasteiger partial charge on any atom is 0.410 e. The topological polar surface area (TPSA) is 149 Å². The second-order valence-electron chi connectivity index (χ2n) is 18.5. The van der Waals surface area contributed by atoms with Gasteiger partial charge in [-0.1, -0.05) is 85.2 Å². The minimum absolute atomic E-state index is 0.0126. The molecule has 13 nitrogen and oxygen atoms in total. The number of likely N-dealkylation sites (tertiary alicyclic amines) is 1. The molecule has 0 unspecified atom stereocenters. The SMILES string of the molecule is CC[C@H](C)[C@@H]([C@@H](CC(=O)N1CCC[C@H]1[C@H](OC)[C@@H](C)C(=O)C[C@@H](Cc1ccccc1)C(=O)OC)OC)N(C)C(=O)[C@@H](CC(=O)[C@H](C(C)C)N(C)C(=O)OC(C)(C)C)C(C)C. The number of hydrogen-bond acceptors (Lipinski definition) is 10. The zero-order valence-corrected chi connectivity index (χ0v) is 39.3. The van der Waals surface area contributed by atoms with Crippen LogP contribution in [0.25, 0.3) is 0 Å². The summed E-state index contributed by atoms with van der Waals surface area (Å²) in [5.41, 5.74) is 0.188. The van der Waals surface area contributed by atoms with E-state index in [1.807, 2.05) is 71.9 Å². The number of Topliss-reactive ketones (excluding diaryl/α,β-unsaturated/α-hetero) is 2. The number of methoxy groups -OCH3 is 3. The van der Waals surface area contributed by atoms with Gasteiger partial charge in [0.15, 0.2) is 5.78 Å². The van der Waals surface area contributed by atoms with E-state index in [0.717, 1.165) is 12.0 Å². The Bertz CT molecular complexity index is 1560. The smallest absolute Gasteiger partial charge is 0.410 e. The van der Waals surface area contributed by atoms with Crippen molar-refractivity contribution in [1.82, 2.24) is 14.7 Å². The summed E-state index contributed by atoms with van der Waals surface area (Å²) in [6.45, 7) is 19.2. The average molecular weight is 844 g/mol. The number of carbonyl (C=O) groups is 6. The van der Waals surface area contributed by atoms with Crippen LogP contribution in [-0.4, -0.2) is 128 Å². The molecule has 13 heteroatoms. The van der Waals surface area contributed by atoms with Gasteiger partial charge in [0.05, 0.1) is 49.8 Å². The lowest BCUT2D eigenvalue weighted by Crippen LogP contribution is -2.54. The molecule has 1 saturated heterocycles. The standard InChI is InChI=1S/C47H77N3O10/c1-16-31(6)42(48(11)44(54)35(29(2)3)27-38(52)41(30(4)5)49(12)46(56)60-47(8,9)10)39(57-13)28-40(53)50-24-20-23-36(50)43(58-14)32(7)37(51)26-34(45(55)59-15)25-33-21-18-17-19-22-33/h17-19,21-22,29-32,34-36,39,41-43H,16,20,23-28H2,1-15H3/t31-,32-,34+,35-,36-,39+,41-,42-,43+/m0/s1. The van der Waals surface area contributed by atoms with E-state index in [4.69, 9.17) is 18.9 Å². The van der Waals surface area contributed by atoms with Gasteiger partial charge in [0.1, 0.15) is 11.4 Å². The first kappa shape index (κ1) is 52.3. The van der Waals surface area contributed by atoms with E-state index >= 15 is 0 Å². The molecule has 9 atom stereocenters. The number of likely N-dealkylation sites (N-methyl/N-ethyl adjacent to an activating group) is 2. The summed E-state index contributed by atoms with van der Waals surface area (Å²) in [6, 6.07) is 7.83. The molecule has 1 fully saturated rings. The van der Waals surface area contributed by atoms with E-state index in [-0.39, 0.29) is 66.4 Å². The fourth-order valence-corrected chi connectivity index (χ4v) is 8.76. The van der Waals surface area contributed by atoms with E-state index in [1.54, 1.807) is 65.8 Å². The van der Waals surface area contributed by atoms with Gasteiger partial charge in [0.2, 0.25) is 11.8 Å². The van der Waals surface area contributed by atoms with Gasteiger partial charge >= 0.3 is 12.1 Å². The van der Waals surface area contributed by atoms with Crippen LogP contribution in [0.15, 0.2) is 30.3 Å². The number of esters is 1. The number of nitrogens with zero attached hydrogens (tertiary/aromatic N) is 3. The van der Waals surface area contributed by atoms with E-state index in [9.17, 15) is 28.8 Å². The van der Waals surface area contributed by atoms with Crippen LogP contribution in [0.5, 0.6) is 0 Å². The number of rotatable bonds is 23. The minimum Gasteiger partial charge on any atom is -0.469 e. The zero-order chi connectivity index (χ0) is 45.6. The highest BCUT2D eigenvalue weighted by Gasteiger charge is 2.44. The summed E-state index contributed by atoms with van der Waals surface area (Å²) in [7, 11) is 7.68. The lowest BCUT2D eigenvalue weighted by Gasteiger charge is -2.41. The molecule has 1 aromatic carbocycles. The molecule has 0 aliphatic carbocycles. The zero-order valence-electron chi connectivity index (χ0n) is 39.3. The number of benzene rings is 1. The number of amides is 3. The Morgan fingerprint density at radius 3 is 1.93 bits per heavy atom. The molecular formula is C47H77N3O10. The Morgan fingerprint density at radius 2 is 1.43 bits per heavy atom. The first-order chi connectivity index (χ1) is 28.0. The number of carbonyl (C=O) groups excluding carboxylic acids is 6. The van der Waals surface area contributed by atoms with Crippen molar-refractivity contribution >= 4 is 35.4 Å². The molecular weight excluding hydrogens is 767 g/mol. The normalized spacial score (nSPS) is 18.5. The highest BCUT2D eigenvalue weighted by atomic mass is 16.6. The summed E-state index contributed by atoms with van der Waals surface area (Å²) >= 11 is 0. The Morgan fingerprint density at radius 1 is 0.817 bits per heavy atom. The number of ketones is 2. The van der Waals surface area contributed by atoms with Crippen LogP contribution in [0.3, 0.4) is 0 Å². The lowest BCUT2D eigenvalue weighted by atomic mass is 9.83. The van der Waals surface area contributed by atoms with Crippen molar-refractivity contribution in [1.29, 1.82) is 0 Å². The van der Waals surface area contributed by atoms with Gasteiger partial charge in [-0.25, -0.2) is 4.79 Å². The van der Waals surface area contributed by atoms with Crippen molar-refractivity contribution in [3.8, 4) is 0 Å². The fourth-order valence-electron chi connectivity index (χ4n) is 8.76. The van der Waals surface area contributed by atoms with E-state index in [2.05, 4.69) is 0 Å². The van der Waals surface area contributed by atoms with Crippen molar-refractivity contribution in [3.05, 3.63) is 35.9 Å². The highest BCUT2D eigenvalue weighted by molar-refractivity contribution is 5.92. The van der Waals surface area contributed by atoms with E-state index in [0.29, 0.717) is 25.8 Å². The van der Waals surface area contributed by atoms with Crippen LogP contribution >= 0.6 is 0 Å². The summed E-state index contributed by atoms with van der Waals surface area (Å²) in [6.07, 6.45) is 0.441. The molecule has 1 aliphatic rings. The third-order valence-corrected chi connectivity index (χ3v) is 12.3. The van der Waals surface area contributed by atoms with Gasteiger partial charge in [-0.2, -0.15) is 0 Å². The molecule has 340 valence electrons.